The molecule has 28 heavy (non-hydrogen) atoms. The highest BCUT2D eigenvalue weighted by atomic mass is 35.5. The van der Waals surface area contributed by atoms with Gasteiger partial charge in [-0.3, -0.25) is 9.78 Å². The Hall–Kier alpha value is -2.56. The number of nitrogens with zero attached hydrogens (tertiary/aromatic N) is 2. The molecule has 2 heterocycles. The van der Waals surface area contributed by atoms with Gasteiger partial charge in [-0.25, -0.2) is 0 Å². The molecule has 4 rings (SSSR count). The first-order valence-corrected chi connectivity index (χ1v) is 9.73. The lowest BCUT2D eigenvalue weighted by Gasteiger charge is -2.20. The third kappa shape index (κ3) is 4.29. The Kier molecular flexibility index (Phi) is 5.51. The number of hydrogen-bond donors (Lipinski definition) is 0. The number of aromatic nitrogens is 1. The predicted molar refractivity (Wildman–Crippen MR) is 111 cm³/mol. The second kappa shape index (κ2) is 8.21. The summed E-state index contributed by atoms with van der Waals surface area (Å²) in [5.74, 6) is 0.836. The van der Waals surface area contributed by atoms with Crippen LogP contribution in [-0.2, 0) is 17.8 Å². The SMILES string of the molecule is O=C(Cc1cc(Cl)cc(Cl)c1)N1CCOc2ccc(-c3ccncc3)cc2C1. The summed E-state index contributed by atoms with van der Waals surface area (Å²) in [6, 6.07) is 15.2. The summed E-state index contributed by atoms with van der Waals surface area (Å²) in [6.07, 6.45) is 3.78. The molecule has 6 heteroatoms. The van der Waals surface area contributed by atoms with E-state index in [0.717, 1.165) is 28.0 Å². The zero-order valence-corrected chi connectivity index (χ0v) is 16.6. The maximum atomic E-state index is 12.9. The minimum atomic E-state index is 0.0177. The standard InChI is InChI=1S/C22H18Cl2N2O2/c23-19-9-15(10-20(24)13-19)11-22(27)26-7-8-28-21-2-1-17(12-18(21)14-26)16-3-5-25-6-4-16/h1-6,9-10,12-13H,7-8,11,14H2. The van der Waals surface area contributed by atoms with E-state index < -0.39 is 0 Å². The summed E-state index contributed by atoms with van der Waals surface area (Å²) in [7, 11) is 0. The molecular weight excluding hydrogens is 395 g/mol. The summed E-state index contributed by atoms with van der Waals surface area (Å²) >= 11 is 12.1. The fourth-order valence-corrected chi connectivity index (χ4v) is 3.90. The van der Waals surface area contributed by atoms with Gasteiger partial charge in [-0.15, -0.1) is 0 Å². The van der Waals surface area contributed by atoms with E-state index in [0.29, 0.717) is 29.7 Å². The molecule has 0 N–H and O–H groups in total. The summed E-state index contributed by atoms with van der Waals surface area (Å²) in [5.41, 5.74) is 3.94. The molecule has 0 atom stereocenters. The van der Waals surface area contributed by atoms with Crippen molar-refractivity contribution < 1.29 is 9.53 Å². The summed E-state index contributed by atoms with van der Waals surface area (Å²) in [5, 5.41) is 1.06. The quantitative estimate of drug-likeness (QED) is 0.606. The molecule has 1 aromatic heterocycles. The van der Waals surface area contributed by atoms with Gasteiger partial charge in [0.25, 0.3) is 0 Å². The number of carbonyl (C=O) groups excluding carboxylic acids is 1. The van der Waals surface area contributed by atoms with Gasteiger partial charge in [0.2, 0.25) is 5.91 Å². The van der Waals surface area contributed by atoms with Gasteiger partial charge in [0, 0.05) is 34.5 Å². The Morgan fingerprint density at radius 3 is 2.50 bits per heavy atom. The monoisotopic (exact) mass is 412 g/mol. The van der Waals surface area contributed by atoms with E-state index in [9.17, 15) is 4.79 Å². The second-order valence-corrected chi connectivity index (χ2v) is 7.55. The van der Waals surface area contributed by atoms with Crippen LogP contribution in [0.1, 0.15) is 11.1 Å². The highest BCUT2D eigenvalue weighted by Crippen LogP contribution is 2.29. The van der Waals surface area contributed by atoms with Crippen molar-refractivity contribution in [3.63, 3.8) is 0 Å². The van der Waals surface area contributed by atoms with Crippen LogP contribution in [-0.4, -0.2) is 28.9 Å². The zero-order valence-electron chi connectivity index (χ0n) is 15.1. The number of benzene rings is 2. The number of carbonyl (C=O) groups is 1. The first-order valence-electron chi connectivity index (χ1n) is 8.97. The smallest absolute Gasteiger partial charge is 0.227 e. The van der Waals surface area contributed by atoms with Gasteiger partial charge in [-0.1, -0.05) is 29.3 Å². The fraction of sp³-hybridized carbons (Fsp3) is 0.182. The molecule has 0 radical (unpaired) electrons. The van der Waals surface area contributed by atoms with Gasteiger partial charge in [0.05, 0.1) is 13.0 Å². The van der Waals surface area contributed by atoms with Crippen LogP contribution in [0.5, 0.6) is 5.75 Å². The Bertz CT molecular complexity index is 988. The Labute approximate surface area is 173 Å². The van der Waals surface area contributed by atoms with E-state index in [1.807, 2.05) is 29.2 Å². The average molecular weight is 413 g/mol. The molecule has 0 saturated carbocycles. The first kappa shape index (κ1) is 18.8. The molecule has 1 amide bonds. The molecule has 142 valence electrons. The molecule has 2 aromatic carbocycles. The molecule has 0 fully saturated rings. The minimum Gasteiger partial charge on any atom is -0.491 e. The number of rotatable bonds is 3. The third-order valence-electron chi connectivity index (χ3n) is 4.68. The maximum Gasteiger partial charge on any atom is 0.227 e. The number of amides is 1. The van der Waals surface area contributed by atoms with Crippen molar-refractivity contribution >= 4 is 29.1 Å². The van der Waals surface area contributed by atoms with Gasteiger partial charge in [-0.05, 0) is 59.2 Å². The molecular formula is C22H18Cl2N2O2. The summed E-state index contributed by atoms with van der Waals surface area (Å²) in [4.78, 5) is 18.8. The number of halogens is 2. The third-order valence-corrected chi connectivity index (χ3v) is 5.12. The zero-order chi connectivity index (χ0) is 19.5. The lowest BCUT2D eigenvalue weighted by atomic mass is 10.0. The van der Waals surface area contributed by atoms with Crippen molar-refractivity contribution in [3.8, 4) is 16.9 Å². The minimum absolute atomic E-state index is 0.0177. The topological polar surface area (TPSA) is 42.4 Å². The van der Waals surface area contributed by atoms with Crippen LogP contribution in [0.25, 0.3) is 11.1 Å². The maximum absolute atomic E-state index is 12.9. The van der Waals surface area contributed by atoms with Crippen LogP contribution in [0.4, 0.5) is 0 Å². The van der Waals surface area contributed by atoms with Crippen molar-refractivity contribution in [1.82, 2.24) is 9.88 Å². The van der Waals surface area contributed by atoms with E-state index in [4.69, 9.17) is 27.9 Å². The largest absolute Gasteiger partial charge is 0.491 e. The molecule has 0 bridgehead atoms. The van der Waals surface area contributed by atoms with Crippen molar-refractivity contribution in [2.45, 2.75) is 13.0 Å². The van der Waals surface area contributed by atoms with Gasteiger partial charge in [0.15, 0.2) is 0 Å². The molecule has 3 aromatic rings. The highest BCUT2D eigenvalue weighted by Gasteiger charge is 2.21. The normalized spacial score (nSPS) is 13.4. The predicted octanol–water partition coefficient (Wildman–Crippen LogP) is 5.02. The molecule has 0 unspecified atom stereocenters. The van der Waals surface area contributed by atoms with E-state index in [1.165, 1.54) is 0 Å². The number of ether oxygens (including phenoxy) is 1. The lowest BCUT2D eigenvalue weighted by molar-refractivity contribution is -0.131. The Balaban J connectivity index is 1.55. The van der Waals surface area contributed by atoms with Crippen molar-refractivity contribution in [3.05, 3.63) is 82.1 Å². The fourth-order valence-electron chi connectivity index (χ4n) is 3.33. The molecule has 0 spiro atoms. The molecule has 4 nitrogen and oxygen atoms in total. The van der Waals surface area contributed by atoms with Gasteiger partial charge >= 0.3 is 0 Å². The Morgan fingerprint density at radius 2 is 1.75 bits per heavy atom. The average Bonchev–Trinajstić information content (AvgIpc) is 2.89. The molecule has 1 aliphatic rings. The van der Waals surface area contributed by atoms with Crippen LogP contribution in [0.15, 0.2) is 60.9 Å². The van der Waals surface area contributed by atoms with Crippen molar-refractivity contribution in [2.75, 3.05) is 13.2 Å². The van der Waals surface area contributed by atoms with E-state index in [2.05, 4.69) is 11.1 Å². The molecule has 1 aliphatic heterocycles. The number of fused-ring (bicyclic) bond motifs is 1. The molecule has 0 saturated heterocycles. The van der Waals surface area contributed by atoms with Gasteiger partial charge < -0.3 is 9.64 Å². The van der Waals surface area contributed by atoms with Crippen molar-refractivity contribution in [1.29, 1.82) is 0 Å². The van der Waals surface area contributed by atoms with Gasteiger partial charge in [0.1, 0.15) is 12.4 Å². The van der Waals surface area contributed by atoms with E-state index in [-0.39, 0.29) is 12.3 Å². The highest BCUT2D eigenvalue weighted by molar-refractivity contribution is 6.34. The number of hydrogen-bond acceptors (Lipinski definition) is 3. The van der Waals surface area contributed by atoms with Crippen LogP contribution in [0, 0.1) is 0 Å². The van der Waals surface area contributed by atoms with Crippen LogP contribution < -0.4 is 4.74 Å². The second-order valence-electron chi connectivity index (χ2n) is 6.68. The summed E-state index contributed by atoms with van der Waals surface area (Å²) in [6.45, 7) is 1.50. The lowest BCUT2D eigenvalue weighted by Crippen LogP contribution is -2.33. The molecule has 0 aliphatic carbocycles. The van der Waals surface area contributed by atoms with Gasteiger partial charge in [-0.2, -0.15) is 0 Å². The van der Waals surface area contributed by atoms with Crippen LogP contribution >= 0.6 is 23.2 Å². The first-order chi connectivity index (χ1) is 13.6. The number of pyridine rings is 1. The Morgan fingerprint density at radius 1 is 1.00 bits per heavy atom. The summed E-state index contributed by atoms with van der Waals surface area (Å²) < 4.78 is 5.86. The van der Waals surface area contributed by atoms with Crippen LogP contribution in [0.2, 0.25) is 10.0 Å². The van der Waals surface area contributed by atoms with E-state index in [1.54, 1.807) is 30.6 Å². The van der Waals surface area contributed by atoms with E-state index >= 15 is 0 Å². The van der Waals surface area contributed by atoms with Crippen molar-refractivity contribution in [2.24, 2.45) is 0 Å². The van der Waals surface area contributed by atoms with Crippen LogP contribution in [0.3, 0.4) is 0 Å².